The summed E-state index contributed by atoms with van der Waals surface area (Å²) < 4.78 is 27.4. The summed E-state index contributed by atoms with van der Waals surface area (Å²) in [7, 11) is -3.58. The first-order valence-electron chi connectivity index (χ1n) is 7.92. The van der Waals surface area contributed by atoms with Crippen LogP contribution in [0.4, 0.5) is 5.69 Å². The van der Waals surface area contributed by atoms with Crippen LogP contribution in [0.5, 0.6) is 0 Å². The first kappa shape index (κ1) is 16.7. The van der Waals surface area contributed by atoms with E-state index in [1.807, 2.05) is 6.07 Å². The van der Waals surface area contributed by atoms with Gasteiger partial charge in [-0.1, -0.05) is 18.2 Å². The van der Waals surface area contributed by atoms with Crippen molar-refractivity contribution in [2.75, 3.05) is 5.32 Å². The highest BCUT2D eigenvalue weighted by molar-refractivity contribution is 7.89. The van der Waals surface area contributed by atoms with E-state index in [0.29, 0.717) is 5.69 Å². The van der Waals surface area contributed by atoms with Crippen molar-refractivity contribution in [3.8, 4) is 0 Å². The third kappa shape index (κ3) is 3.83. The van der Waals surface area contributed by atoms with E-state index >= 15 is 0 Å². The summed E-state index contributed by atoms with van der Waals surface area (Å²) in [6.45, 7) is 1.67. The molecule has 126 valence electrons. The van der Waals surface area contributed by atoms with Crippen molar-refractivity contribution in [3.63, 3.8) is 0 Å². The minimum Gasteiger partial charge on any atom is -0.326 e. The van der Waals surface area contributed by atoms with Gasteiger partial charge >= 0.3 is 0 Å². The molecule has 0 aliphatic heterocycles. The summed E-state index contributed by atoms with van der Waals surface area (Å²) in [6.07, 6.45) is 3.35. The van der Waals surface area contributed by atoms with E-state index in [1.165, 1.54) is 36.6 Å². The lowest BCUT2D eigenvalue weighted by Gasteiger charge is -2.09. The largest absolute Gasteiger partial charge is 0.326 e. The van der Waals surface area contributed by atoms with Crippen LogP contribution in [0.1, 0.15) is 30.0 Å². The summed E-state index contributed by atoms with van der Waals surface area (Å²) in [4.78, 5) is 11.2. The molecule has 1 aliphatic rings. The minimum atomic E-state index is -3.58. The molecule has 2 aromatic rings. The highest BCUT2D eigenvalue weighted by Gasteiger charge is 2.15. The van der Waals surface area contributed by atoms with Crippen LogP contribution < -0.4 is 10.0 Å². The molecule has 0 saturated carbocycles. The number of carbonyl (C=O) groups excluding carboxylic acids is 1. The standard InChI is InChI=1S/C18H20N2O3S/c1-13(21)20-17-7-9-18(10-8-17)24(22,23)19-12-14-5-6-15-3-2-4-16(15)11-14/h5-11,19H,2-4,12H2,1H3,(H,20,21). The van der Waals surface area contributed by atoms with E-state index in [9.17, 15) is 13.2 Å². The second kappa shape index (κ2) is 6.75. The lowest BCUT2D eigenvalue weighted by molar-refractivity contribution is -0.114. The monoisotopic (exact) mass is 344 g/mol. The van der Waals surface area contributed by atoms with E-state index < -0.39 is 10.0 Å². The zero-order chi connectivity index (χ0) is 17.2. The SMILES string of the molecule is CC(=O)Nc1ccc(S(=O)(=O)NCc2ccc3c(c2)CCC3)cc1. The second-order valence-corrected chi connectivity index (χ2v) is 7.75. The smallest absolute Gasteiger partial charge is 0.240 e. The molecule has 0 atom stereocenters. The van der Waals surface area contributed by atoms with Gasteiger partial charge < -0.3 is 5.32 Å². The molecule has 2 N–H and O–H groups in total. The number of nitrogens with one attached hydrogen (secondary N) is 2. The van der Waals surface area contributed by atoms with Gasteiger partial charge in [0.25, 0.3) is 0 Å². The molecule has 0 fully saturated rings. The average molecular weight is 344 g/mol. The van der Waals surface area contributed by atoms with E-state index in [-0.39, 0.29) is 17.3 Å². The number of fused-ring (bicyclic) bond motifs is 1. The van der Waals surface area contributed by atoms with Gasteiger partial charge in [0.1, 0.15) is 0 Å². The summed E-state index contributed by atoms with van der Waals surface area (Å²) >= 11 is 0. The Labute approximate surface area is 142 Å². The normalized spacial score (nSPS) is 13.5. The Morgan fingerprint density at radius 1 is 1.04 bits per heavy atom. The summed E-state index contributed by atoms with van der Waals surface area (Å²) in [5, 5.41) is 2.61. The molecule has 0 heterocycles. The molecule has 24 heavy (non-hydrogen) atoms. The van der Waals surface area contributed by atoms with Gasteiger partial charge in [0.05, 0.1) is 4.90 Å². The Balaban J connectivity index is 1.68. The first-order chi connectivity index (χ1) is 11.4. The highest BCUT2D eigenvalue weighted by Crippen LogP contribution is 2.23. The van der Waals surface area contributed by atoms with Crippen LogP contribution in [0, 0.1) is 0 Å². The number of benzene rings is 2. The molecule has 0 bridgehead atoms. The van der Waals surface area contributed by atoms with Crippen molar-refractivity contribution in [2.24, 2.45) is 0 Å². The first-order valence-corrected chi connectivity index (χ1v) is 9.40. The molecule has 2 aromatic carbocycles. The zero-order valence-corrected chi connectivity index (χ0v) is 14.3. The van der Waals surface area contributed by atoms with Gasteiger partial charge in [-0.15, -0.1) is 0 Å². The lowest BCUT2D eigenvalue weighted by atomic mass is 10.1. The van der Waals surface area contributed by atoms with E-state index in [2.05, 4.69) is 22.2 Å². The predicted octanol–water partition coefficient (Wildman–Crippen LogP) is 2.61. The summed E-state index contributed by atoms with van der Waals surface area (Å²) in [6, 6.07) is 12.3. The van der Waals surface area contributed by atoms with Gasteiger partial charge in [0.15, 0.2) is 0 Å². The predicted molar refractivity (Wildman–Crippen MR) is 93.2 cm³/mol. The molecule has 0 aromatic heterocycles. The molecule has 1 amide bonds. The van der Waals surface area contributed by atoms with Gasteiger partial charge in [0, 0.05) is 19.2 Å². The Hall–Kier alpha value is -2.18. The molecule has 0 radical (unpaired) electrons. The summed E-state index contributed by atoms with van der Waals surface area (Å²) in [5.74, 6) is -0.194. The average Bonchev–Trinajstić information content (AvgIpc) is 3.00. The highest BCUT2D eigenvalue weighted by atomic mass is 32.2. The molecule has 0 unspecified atom stereocenters. The number of hydrogen-bond donors (Lipinski definition) is 2. The van der Waals surface area contributed by atoms with Gasteiger partial charge in [-0.25, -0.2) is 13.1 Å². The number of anilines is 1. The molecule has 6 heteroatoms. The Kier molecular flexibility index (Phi) is 4.69. The quantitative estimate of drug-likeness (QED) is 0.875. The fraction of sp³-hybridized carbons (Fsp3) is 0.278. The zero-order valence-electron chi connectivity index (χ0n) is 13.5. The number of amides is 1. The third-order valence-corrected chi connectivity index (χ3v) is 5.53. The molecular weight excluding hydrogens is 324 g/mol. The Morgan fingerprint density at radius 3 is 2.46 bits per heavy atom. The van der Waals surface area contributed by atoms with Crippen molar-refractivity contribution in [1.82, 2.24) is 4.72 Å². The van der Waals surface area contributed by atoms with Crippen molar-refractivity contribution in [3.05, 3.63) is 59.2 Å². The van der Waals surface area contributed by atoms with Crippen LogP contribution in [0.15, 0.2) is 47.4 Å². The molecule has 3 rings (SSSR count). The molecule has 0 saturated heterocycles. The number of aryl methyl sites for hydroxylation is 2. The number of carbonyl (C=O) groups is 1. The van der Waals surface area contributed by atoms with E-state index in [0.717, 1.165) is 18.4 Å². The van der Waals surface area contributed by atoms with Gasteiger partial charge in [-0.05, 0) is 60.2 Å². The van der Waals surface area contributed by atoms with Crippen molar-refractivity contribution < 1.29 is 13.2 Å². The van der Waals surface area contributed by atoms with E-state index in [4.69, 9.17) is 0 Å². The van der Waals surface area contributed by atoms with Crippen LogP contribution in [0.3, 0.4) is 0 Å². The van der Waals surface area contributed by atoms with Crippen molar-refractivity contribution in [1.29, 1.82) is 0 Å². The topological polar surface area (TPSA) is 75.3 Å². The fourth-order valence-electron chi connectivity index (χ4n) is 2.92. The maximum atomic E-state index is 12.4. The van der Waals surface area contributed by atoms with Crippen LogP contribution in [-0.4, -0.2) is 14.3 Å². The van der Waals surface area contributed by atoms with Crippen LogP contribution in [0.2, 0.25) is 0 Å². The number of rotatable bonds is 5. The molecule has 1 aliphatic carbocycles. The third-order valence-electron chi connectivity index (χ3n) is 4.11. The van der Waals surface area contributed by atoms with Crippen LogP contribution in [-0.2, 0) is 34.2 Å². The minimum absolute atomic E-state index is 0.178. The van der Waals surface area contributed by atoms with Gasteiger partial charge in [-0.3, -0.25) is 4.79 Å². The fourth-order valence-corrected chi connectivity index (χ4v) is 3.94. The summed E-state index contributed by atoms with van der Waals surface area (Å²) in [5.41, 5.74) is 4.23. The number of sulfonamides is 1. The van der Waals surface area contributed by atoms with Crippen molar-refractivity contribution in [2.45, 2.75) is 37.6 Å². The van der Waals surface area contributed by atoms with Gasteiger partial charge in [0.2, 0.25) is 15.9 Å². The number of hydrogen-bond acceptors (Lipinski definition) is 3. The Morgan fingerprint density at radius 2 is 1.75 bits per heavy atom. The maximum Gasteiger partial charge on any atom is 0.240 e. The molecular formula is C18H20N2O3S. The Bertz CT molecular complexity index is 858. The molecule has 0 spiro atoms. The van der Waals surface area contributed by atoms with Crippen LogP contribution in [0.25, 0.3) is 0 Å². The molecule has 5 nitrogen and oxygen atoms in total. The second-order valence-electron chi connectivity index (χ2n) is 5.99. The van der Waals surface area contributed by atoms with Crippen molar-refractivity contribution >= 4 is 21.6 Å². The van der Waals surface area contributed by atoms with Gasteiger partial charge in [-0.2, -0.15) is 0 Å². The van der Waals surface area contributed by atoms with Crippen LogP contribution >= 0.6 is 0 Å². The maximum absolute atomic E-state index is 12.4. The lowest BCUT2D eigenvalue weighted by Crippen LogP contribution is -2.23. The van der Waals surface area contributed by atoms with E-state index in [1.54, 1.807) is 12.1 Å².